The Morgan fingerprint density at radius 1 is 0.952 bits per heavy atom. The highest BCUT2D eigenvalue weighted by atomic mass is 19.1. The number of nitrogens with two attached hydrogens (primary N) is 2. The predicted octanol–water partition coefficient (Wildman–Crippen LogP) is 1.30. The van der Waals surface area contributed by atoms with Gasteiger partial charge in [-0.05, 0) is 24.3 Å². The second-order valence-electron chi connectivity index (χ2n) is 4.41. The molecule has 0 radical (unpaired) electrons. The van der Waals surface area contributed by atoms with Crippen LogP contribution in [-0.4, -0.2) is 36.3 Å². The van der Waals surface area contributed by atoms with E-state index in [1.54, 1.807) is 6.07 Å². The molecule has 2 aromatic rings. The molecule has 0 bridgehead atoms. The minimum atomic E-state index is -0.537. The van der Waals surface area contributed by atoms with E-state index in [4.69, 9.17) is 16.2 Å². The first-order chi connectivity index (χ1) is 10.1. The lowest BCUT2D eigenvalue weighted by molar-refractivity contribution is 0.122. The lowest BCUT2D eigenvalue weighted by atomic mass is 10.3. The number of pyridine rings is 2. The van der Waals surface area contributed by atoms with Gasteiger partial charge in [-0.3, -0.25) is 0 Å². The molecule has 0 unspecified atom stereocenters. The zero-order valence-corrected chi connectivity index (χ0v) is 11.6. The van der Waals surface area contributed by atoms with Gasteiger partial charge in [-0.25, -0.2) is 9.97 Å². The fourth-order valence-electron chi connectivity index (χ4n) is 1.83. The molecule has 0 spiro atoms. The first-order valence-electron chi connectivity index (χ1n) is 6.58. The van der Waals surface area contributed by atoms with Crippen LogP contribution >= 0.6 is 0 Å². The fraction of sp³-hybridized carbons (Fsp3) is 0.286. The van der Waals surface area contributed by atoms with Crippen LogP contribution in [0.4, 0.5) is 21.8 Å². The van der Waals surface area contributed by atoms with E-state index in [1.165, 1.54) is 18.2 Å². The highest BCUT2D eigenvalue weighted by molar-refractivity contribution is 5.44. The summed E-state index contributed by atoms with van der Waals surface area (Å²) in [6, 6.07) is 9.98. The molecular formula is C14H18FN5O. The van der Waals surface area contributed by atoms with Gasteiger partial charge in [0.25, 0.3) is 0 Å². The highest BCUT2D eigenvalue weighted by Crippen LogP contribution is 2.13. The third-order valence-corrected chi connectivity index (χ3v) is 2.83. The SMILES string of the molecule is Nc1cccc(F)n1.Nc1cccc(N2CCOCC2)n1. The fourth-order valence-corrected chi connectivity index (χ4v) is 1.83. The Morgan fingerprint density at radius 3 is 2.10 bits per heavy atom. The zero-order chi connectivity index (χ0) is 15.1. The maximum Gasteiger partial charge on any atom is 0.214 e. The first kappa shape index (κ1) is 15.0. The Labute approximate surface area is 122 Å². The van der Waals surface area contributed by atoms with Crippen LogP contribution in [0.1, 0.15) is 0 Å². The number of aromatic nitrogens is 2. The van der Waals surface area contributed by atoms with Crippen molar-refractivity contribution in [2.75, 3.05) is 42.7 Å². The Morgan fingerprint density at radius 2 is 1.57 bits per heavy atom. The van der Waals surface area contributed by atoms with Gasteiger partial charge in [0, 0.05) is 13.1 Å². The summed E-state index contributed by atoms with van der Waals surface area (Å²) in [5.74, 6) is 1.20. The van der Waals surface area contributed by atoms with Crippen molar-refractivity contribution in [3.63, 3.8) is 0 Å². The van der Waals surface area contributed by atoms with Crippen molar-refractivity contribution in [3.05, 3.63) is 42.3 Å². The summed E-state index contributed by atoms with van der Waals surface area (Å²) in [6.07, 6.45) is 0. The van der Waals surface area contributed by atoms with Gasteiger partial charge in [-0.1, -0.05) is 12.1 Å². The van der Waals surface area contributed by atoms with Crippen molar-refractivity contribution in [1.29, 1.82) is 0 Å². The van der Waals surface area contributed by atoms with Gasteiger partial charge < -0.3 is 21.1 Å². The minimum Gasteiger partial charge on any atom is -0.384 e. The van der Waals surface area contributed by atoms with E-state index in [9.17, 15) is 4.39 Å². The summed E-state index contributed by atoms with van der Waals surface area (Å²) >= 11 is 0. The van der Waals surface area contributed by atoms with Gasteiger partial charge in [0.2, 0.25) is 5.95 Å². The summed E-state index contributed by atoms with van der Waals surface area (Å²) < 4.78 is 17.2. The predicted molar refractivity (Wildman–Crippen MR) is 80.3 cm³/mol. The molecule has 1 aliphatic heterocycles. The maximum atomic E-state index is 12.0. The average molecular weight is 291 g/mol. The molecule has 3 heterocycles. The van der Waals surface area contributed by atoms with Crippen LogP contribution in [0, 0.1) is 5.95 Å². The van der Waals surface area contributed by atoms with Gasteiger partial charge >= 0.3 is 0 Å². The molecule has 112 valence electrons. The Hall–Kier alpha value is -2.41. The van der Waals surface area contributed by atoms with E-state index in [-0.39, 0.29) is 5.82 Å². The smallest absolute Gasteiger partial charge is 0.214 e. The first-order valence-corrected chi connectivity index (χ1v) is 6.58. The summed E-state index contributed by atoms with van der Waals surface area (Å²) in [7, 11) is 0. The van der Waals surface area contributed by atoms with Gasteiger partial charge in [-0.15, -0.1) is 0 Å². The zero-order valence-electron chi connectivity index (χ0n) is 11.6. The number of hydrogen-bond donors (Lipinski definition) is 2. The van der Waals surface area contributed by atoms with Gasteiger partial charge in [0.05, 0.1) is 13.2 Å². The van der Waals surface area contributed by atoms with Crippen LogP contribution in [0.15, 0.2) is 36.4 Å². The lowest BCUT2D eigenvalue weighted by Gasteiger charge is -2.27. The second kappa shape index (κ2) is 7.39. The van der Waals surface area contributed by atoms with Crippen LogP contribution in [-0.2, 0) is 4.74 Å². The van der Waals surface area contributed by atoms with Crippen molar-refractivity contribution in [2.45, 2.75) is 0 Å². The third-order valence-electron chi connectivity index (χ3n) is 2.83. The number of anilines is 3. The van der Waals surface area contributed by atoms with E-state index >= 15 is 0 Å². The van der Waals surface area contributed by atoms with Gasteiger partial charge in [0.1, 0.15) is 17.5 Å². The molecule has 0 saturated carbocycles. The number of morpholine rings is 1. The van der Waals surface area contributed by atoms with E-state index < -0.39 is 5.95 Å². The number of rotatable bonds is 1. The summed E-state index contributed by atoms with van der Waals surface area (Å²) in [5.41, 5.74) is 10.7. The van der Waals surface area contributed by atoms with E-state index in [0.29, 0.717) is 5.82 Å². The summed E-state index contributed by atoms with van der Waals surface area (Å²) in [4.78, 5) is 9.71. The van der Waals surface area contributed by atoms with Crippen LogP contribution in [0.2, 0.25) is 0 Å². The van der Waals surface area contributed by atoms with Gasteiger partial charge in [0.15, 0.2) is 0 Å². The largest absolute Gasteiger partial charge is 0.384 e. The van der Waals surface area contributed by atoms with Crippen molar-refractivity contribution >= 4 is 17.5 Å². The normalized spacial score (nSPS) is 14.2. The van der Waals surface area contributed by atoms with Crippen LogP contribution in [0.25, 0.3) is 0 Å². The molecule has 1 saturated heterocycles. The van der Waals surface area contributed by atoms with Crippen molar-refractivity contribution < 1.29 is 9.13 Å². The standard InChI is InChI=1S/C9H13N3O.C5H5FN2/c10-8-2-1-3-9(11-8)12-4-6-13-7-5-12;6-4-2-1-3-5(7)8-4/h1-3H,4-7H2,(H2,10,11);1-3H,(H2,7,8). The Bertz CT molecular complexity index is 558. The number of nitrogen functional groups attached to an aromatic ring is 2. The highest BCUT2D eigenvalue weighted by Gasteiger charge is 2.11. The summed E-state index contributed by atoms with van der Waals surface area (Å²) in [5, 5.41) is 0. The molecule has 1 aliphatic rings. The number of halogens is 1. The number of ether oxygens (including phenoxy) is 1. The molecule has 0 atom stereocenters. The molecule has 6 nitrogen and oxygen atoms in total. The molecule has 2 aromatic heterocycles. The third kappa shape index (κ3) is 4.88. The monoisotopic (exact) mass is 291 g/mol. The van der Waals surface area contributed by atoms with E-state index in [0.717, 1.165) is 32.1 Å². The van der Waals surface area contributed by atoms with Crippen LogP contribution in [0.3, 0.4) is 0 Å². The van der Waals surface area contributed by atoms with Crippen LogP contribution < -0.4 is 16.4 Å². The van der Waals surface area contributed by atoms with E-state index in [2.05, 4.69) is 14.9 Å². The van der Waals surface area contributed by atoms with Crippen LogP contribution in [0.5, 0.6) is 0 Å². The van der Waals surface area contributed by atoms with Crippen molar-refractivity contribution in [1.82, 2.24) is 9.97 Å². The molecule has 7 heteroatoms. The van der Waals surface area contributed by atoms with Gasteiger partial charge in [-0.2, -0.15) is 4.39 Å². The molecule has 3 rings (SSSR count). The molecule has 1 fully saturated rings. The number of nitrogens with zero attached hydrogens (tertiary/aromatic N) is 3. The topological polar surface area (TPSA) is 90.3 Å². The van der Waals surface area contributed by atoms with Crippen molar-refractivity contribution in [3.8, 4) is 0 Å². The maximum absolute atomic E-state index is 12.0. The average Bonchev–Trinajstić information content (AvgIpc) is 2.49. The molecule has 0 aromatic carbocycles. The molecule has 4 N–H and O–H groups in total. The summed E-state index contributed by atoms with van der Waals surface area (Å²) in [6.45, 7) is 3.35. The molecule has 0 aliphatic carbocycles. The second-order valence-corrected chi connectivity index (χ2v) is 4.41. The number of hydrogen-bond acceptors (Lipinski definition) is 6. The minimum absolute atomic E-state index is 0.213. The Kier molecular flexibility index (Phi) is 5.28. The molecule has 0 amide bonds. The van der Waals surface area contributed by atoms with E-state index in [1.807, 2.05) is 12.1 Å². The molecular weight excluding hydrogens is 273 g/mol. The van der Waals surface area contributed by atoms with Crippen molar-refractivity contribution in [2.24, 2.45) is 0 Å². The quantitative estimate of drug-likeness (QED) is 0.770. The molecule has 21 heavy (non-hydrogen) atoms. The Balaban J connectivity index is 0.000000173. The lowest BCUT2D eigenvalue weighted by Crippen LogP contribution is -2.36.